The Morgan fingerprint density at radius 2 is 1.84 bits per heavy atom. The Bertz CT molecular complexity index is 1200. The first kappa shape index (κ1) is 23.0. The Morgan fingerprint density at radius 3 is 2.47 bits per heavy atom. The topological polar surface area (TPSA) is 101 Å². The van der Waals surface area contributed by atoms with Gasteiger partial charge in [-0.2, -0.15) is 0 Å². The summed E-state index contributed by atoms with van der Waals surface area (Å²) in [6, 6.07) is 8.17. The molecular formula is C22H21F3N2O5. The molecule has 3 aromatic rings. The highest BCUT2D eigenvalue weighted by molar-refractivity contribution is 6.08. The maximum Gasteiger partial charge on any atom is 0.573 e. The normalized spacial score (nSPS) is 12.4. The van der Waals surface area contributed by atoms with Crippen LogP contribution in [0, 0.1) is 13.8 Å². The van der Waals surface area contributed by atoms with Crippen molar-refractivity contribution in [1.29, 1.82) is 0 Å². The number of nitrogens with one attached hydrogen (secondary N) is 2. The third-order valence-electron chi connectivity index (χ3n) is 4.69. The van der Waals surface area contributed by atoms with E-state index in [1.807, 2.05) is 32.0 Å². The molecule has 0 fully saturated rings. The van der Waals surface area contributed by atoms with Crippen LogP contribution in [0.1, 0.15) is 28.4 Å². The molecule has 32 heavy (non-hydrogen) atoms. The Kier molecular flexibility index (Phi) is 6.33. The van der Waals surface area contributed by atoms with Gasteiger partial charge in [0.2, 0.25) is 0 Å². The molecule has 0 aliphatic rings. The standard InChI is InChI=1S/C22H21F3N2O5/c1-11-5-4-6-12(2)19(11)31-10-13(3)26-20(29)17-15-9-14(32-22(23,24)25)7-8-16(15)27-21(30)18(17)28/h4-9,13,28H,10H2,1-3H3,(H,26,29)(H,27,30)/t13-/m0/s1. The minimum Gasteiger partial charge on any atom is -0.502 e. The van der Waals surface area contributed by atoms with Crippen molar-refractivity contribution in [2.45, 2.75) is 33.2 Å². The van der Waals surface area contributed by atoms with E-state index in [2.05, 4.69) is 15.0 Å². The summed E-state index contributed by atoms with van der Waals surface area (Å²) in [6.45, 7) is 5.50. The number of amides is 1. The second kappa shape index (κ2) is 8.81. The summed E-state index contributed by atoms with van der Waals surface area (Å²) < 4.78 is 47.4. The number of aryl methyl sites for hydroxylation is 2. The summed E-state index contributed by atoms with van der Waals surface area (Å²) in [5.41, 5.74) is 0.478. The largest absolute Gasteiger partial charge is 0.573 e. The van der Waals surface area contributed by atoms with E-state index in [9.17, 15) is 27.9 Å². The molecule has 1 amide bonds. The van der Waals surface area contributed by atoms with Crippen molar-refractivity contribution in [3.8, 4) is 17.2 Å². The molecule has 0 saturated heterocycles. The number of rotatable bonds is 6. The SMILES string of the molecule is Cc1cccc(C)c1OC[C@H](C)NC(=O)c1c(O)c(=O)[nH]c2ccc(OC(F)(F)F)cc12. The van der Waals surface area contributed by atoms with Gasteiger partial charge in [-0.3, -0.25) is 9.59 Å². The second-order valence-electron chi connectivity index (χ2n) is 7.34. The lowest BCUT2D eigenvalue weighted by Gasteiger charge is -2.18. The van der Waals surface area contributed by atoms with Gasteiger partial charge in [0.15, 0.2) is 5.75 Å². The van der Waals surface area contributed by atoms with Gasteiger partial charge in [-0.05, 0) is 50.1 Å². The summed E-state index contributed by atoms with van der Waals surface area (Å²) in [5.74, 6) is -1.69. The van der Waals surface area contributed by atoms with E-state index in [-0.39, 0.29) is 17.5 Å². The van der Waals surface area contributed by atoms with Gasteiger partial charge in [0.25, 0.3) is 11.5 Å². The monoisotopic (exact) mass is 450 g/mol. The molecule has 0 saturated carbocycles. The van der Waals surface area contributed by atoms with E-state index >= 15 is 0 Å². The van der Waals surface area contributed by atoms with Crippen LogP contribution in [-0.2, 0) is 0 Å². The first-order valence-corrected chi connectivity index (χ1v) is 9.61. The lowest BCUT2D eigenvalue weighted by Crippen LogP contribution is -2.37. The molecule has 0 aliphatic carbocycles. The van der Waals surface area contributed by atoms with Crippen LogP contribution in [0.15, 0.2) is 41.2 Å². The van der Waals surface area contributed by atoms with Crippen molar-refractivity contribution in [3.63, 3.8) is 0 Å². The van der Waals surface area contributed by atoms with Crippen molar-refractivity contribution < 1.29 is 32.5 Å². The molecule has 170 valence electrons. The van der Waals surface area contributed by atoms with Crippen LogP contribution in [-0.4, -0.2) is 35.0 Å². The number of halogens is 3. The minimum absolute atomic E-state index is 0.0620. The van der Waals surface area contributed by atoms with Crippen molar-refractivity contribution in [2.24, 2.45) is 0 Å². The van der Waals surface area contributed by atoms with Gasteiger partial charge in [0, 0.05) is 10.9 Å². The van der Waals surface area contributed by atoms with Crippen LogP contribution in [0.3, 0.4) is 0 Å². The van der Waals surface area contributed by atoms with Crippen LogP contribution in [0.25, 0.3) is 10.9 Å². The lowest BCUT2D eigenvalue weighted by molar-refractivity contribution is -0.274. The zero-order valence-electron chi connectivity index (χ0n) is 17.5. The van der Waals surface area contributed by atoms with Gasteiger partial charge in [-0.25, -0.2) is 0 Å². The molecule has 1 atom stereocenters. The number of ether oxygens (including phenoxy) is 2. The molecule has 1 aromatic heterocycles. The van der Waals surface area contributed by atoms with E-state index < -0.39 is 40.9 Å². The Hall–Kier alpha value is -3.69. The fourth-order valence-electron chi connectivity index (χ4n) is 3.26. The third kappa shape index (κ3) is 5.13. The van der Waals surface area contributed by atoms with Gasteiger partial charge >= 0.3 is 6.36 Å². The number of benzene rings is 2. The first-order chi connectivity index (χ1) is 15.0. The maximum atomic E-state index is 12.8. The van der Waals surface area contributed by atoms with Crippen molar-refractivity contribution >= 4 is 16.8 Å². The average Bonchev–Trinajstić information content (AvgIpc) is 2.67. The molecular weight excluding hydrogens is 429 g/mol. The van der Waals surface area contributed by atoms with Gasteiger partial charge in [-0.15, -0.1) is 13.2 Å². The highest BCUT2D eigenvalue weighted by Gasteiger charge is 2.31. The quantitative estimate of drug-likeness (QED) is 0.528. The van der Waals surface area contributed by atoms with Gasteiger partial charge in [0.05, 0.1) is 11.6 Å². The number of aromatic hydroxyl groups is 1. The van der Waals surface area contributed by atoms with Crippen LogP contribution >= 0.6 is 0 Å². The van der Waals surface area contributed by atoms with Crippen LogP contribution < -0.4 is 20.3 Å². The van der Waals surface area contributed by atoms with Crippen LogP contribution in [0.2, 0.25) is 0 Å². The third-order valence-corrected chi connectivity index (χ3v) is 4.69. The second-order valence-corrected chi connectivity index (χ2v) is 7.34. The molecule has 1 heterocycles. The number of carbonyl (C=O) groups is 1. The average molecular weight is 450 g/mol. The van der Waals surface area contributed by atoms with Crippen molar-refractivity contribution in [1.82, 2.24) is 10.3 Å². The van der Waals surface area contributed by atoms with Gasteiger partial charge in [0.1, 0.15) is 18.1 Å². The Balaban J connectivity index is 1.86. The smallest absolute Gasteiger partial charge is 0.502 e. The van der Waals surface area contributed by atoms with Crippen LogP contribution in [0.5, 0.6) is 17.2 Å². The lowest BCUT2D eigenvalue weighted by atomic mass is 10.1. The number of hydrogen-bond donors (Lipinski definition) is 3. The summed E-state index contributed by atoms with van der Waals surface area (Å²) in [6.07, 6.45) is -4.94. The molecule has 10 heteroatoms. The predicted octanol–water partition coefficient (Wildman–Crippen LogP) is 3.95. The van der Waals surface area contributed by atoms with Crippen LogP contribution in [0.4, 0.5) is 13.2 Å². The number of aromatic nitrogens is 1. The molecule has 0 radical (unpaired) electrons. The summed E-state index contributed by atoms with van der Waals surface area (Å²) in [4.78, 5) is 27.2. The molecule has 0 unspecified atom stereocenters. The minimum atomic E-state index is -4.94. The number of alkyl halides is 3. The highest BCUT2D eigenvalue weighted by Crippen LogP contribution is 2.29. The predicted molar refractivity (Wildman–Crippen MR) is 111 cm³/mol. The zero-order valence-corrected chi connectivity index (χ0v) is 17.5. The van der Waals surface area contributed by atoms with E-state index in [1.165, 1.54) is 0 Å². The van der Waals surface area contributed by atoms with E-state index in [1.54, 1.807) is 6.92 Å². The zero-order chi connectivity index (χ0) is 23.6. The number of pyridine rings is 1. The summed E-state index contributed by atoms with van der Waals surface area (Å²) >= 11 is 0. The first-order valence-electron chi connectivity index (χ1n) is 9.61. The Labute approximate surface area is 180 Å². The molecule has 3 N–H and O–H groups in total. The number of H-pyrrole nitrogens is 1. The number of fused-ring (bicyclic) bond motifs is 1. The number of aromatic amines is 1. The van der Waals surface area contributed by atoms with Crippen molar-refractivity contribution in [3.05, 3.63) is 63.4 Å². The fourth-order valence-corrected chi connectivity index (χ4v) is 3.26. The number of hydrogen-bond acceptors (Lipinski definition) is 5. The molecule has 2 aromatic carbocycles. The molecule has 0 bridgehead atoms. The maximum absolute atomic E-state index is 12.8. The summed E-state index contributed by atoms with van der Waals surface area (Å²) in [7, 11) is 0. The number of carbonyl (C=O) groups excluding carboxylic acids is 1. The summed E-state index contributed by atoms with van der Waals surface area (Å²) in [5, 5.41) is 12.7. The van der Waals surface area contributed by atoms with Gasteiger partial charge < -0.3 is 24.9 Å². The van der Waals surface area contributed by atoms with E-state index in [4.69, 9.17) is 4.74 Å². The number of para-hydroxylation sites is 1. The fraction of sp³-hybridized carbons (Fsp3) is 0.273. The van der Waals surface area contributed by atoms with E-state index in [0.29, 0.717) is 5.75 Å². The molecule has 0 aliphatic heterocycles. The molecule has 7 nitrogen and oxygen atoms in total. The van der Waals surface area contributed by atoms with Gasteiger partial charge in [-0.1, -0.05) is 18.2 Å². The van der Waals surface area contributed by atoms with E-state index in [0.717, 1.165) is 29.3 Å². The molecule has 3 rings (SSSR count). The molecule has 0 spiro atoms. The Morgan fingerprint density at radius 1 is 1.19 bits per heavy atom. The highest BCUT2D eigenvalue weighted by atomic mass is 19.4. The van der Waals surface area contributed by atoms with Crippen molar-refractivity contribution in [2.75, 3.05) is 6.61 Å².